The van der Waals surface area contributed by atoms with Gasteiger partial charge in [-0.15, -0.1) is 13.2 Å². The van der Waals surface area contributed by atoms with Crippen molar-refractivity contribution in [2.24, 2.45) is 0 Å². The number of para-hydroxylation sites is 1. The third-order valence-corrected chi connectivity index (χ3v) is 5.11. The average Bonchev–Trinajstić information content (AvgIpc) is 3.10. The second-order valence-electron chi connectivity index (χ2n) is 7.40. The fourth-order valence-electron chi connectivity index (χ4n) is 3.54. The Balaban J connectivity index is 1.63. The number of carbonyl (C=O) groups excluding carboxylic acids is 3. The summed E-state index contributed by atoms with van der Waals surface area (Å²) in [6.45, 7) is 0. The van der Waals surface area contributed by atoms with Crippen LogP contribution in [0.2, 0.25) is 0 Å². The molecule has 1 aliphatic rings. The average molecular weight is 497 g/mol. The number of ether oxygens (including phenoxy) is 2. The zero-order chi connectivity index (χ0) is 25.5. The highest BCUT2D eigenvalue weighted by Crippen LogP contribution is 2.31. The van der Waals surface area contributed by atoms with Crippen LogP contribution in [0.25, 0.3) is 11.1 Å². The summed E-state index contributed by atoms with van der Waals surface area (Å²) in [5, 5.41) is 2.13. The van der Waals surface area contributed by atoms with Crippen molar-refractivity contribution >= 4 is 34.7 Å². The number of imide groups is 1. The molecule has 1 atom stereocenters. The largest absolute Gasteiger partial charge is 0.573 e. The second kappa shape index (κ2) is 8.77. The van der Waals surface area contributed by atoms with Crippen molar-refractivity contribution in [3.8, 4) is 11.5 Å². The third kappa shape index (κ3) is 4.81. The minimum absolute atomic E-state index is 0.00231. The lowest BCUT2D eigenvalue weighted by molar-refractivity contribution is -0.274. The summed E-state index contributed by atoms with van der Waals surface area (Å²) in [7, 11) is 1.04. The van der Waals surface area contributed by atoms with Crippen molar-refractivity contribution in [3.63, 3.8) is 0 Å². The number of piperidine rings is 1. The Bertz CT molecular complexity index is 1400. The monoisotopic (exact) mass is 497 g/mol. The van der Waals surface area contributed by atoms with E-state index in [1.165, 1.54) is 18.2 Å². The van der Waals surface area contributed by atoms with Gasteiger partial charge in [-0.25, -0.2) is 14.0 Å². The van der Waals surface area contributed by atoms with E-state index in [0.29, 0.717) is 17.0 Å². The number of alkyl halides is 3. The predicted octanol–water partition coefficient (Wildman–Crippen LogP) is 3.25. The minimum atomic E-state index is -5.03. The van der Waals surface area contributed by atoms with Gasteiger partial charge in [0.25, 0.3) is 0 Å². The summed E-state index contributed by atoms with van der Waals surface area (Å²) in [6.07, 6.45) is -6.21. The fraction of sp³-hybridized carbons (Fsp3) is 0.238. The third-order valence-electron chi connectivity index (χ3n) is 5.11. The molecule has 1 aliphatic heterocycles. The van der Waals surface area contributed by atoms with Gasteiger partial charge in [0.15, 0.2) is 11.3 Å². The van der Waals surface area contributed by atoms with Crippen molar-refractivity contribution in [2.45, 2.75) is 25.2 Å². The van der Waals surface area contributed by atoms with Crippen molar-refractivity contribution in [1.82, 2.24) is 9.88 Å². The molecule has 1 N–H and O–H groups in total. The molecule has 184 valence electrons. The molecule has 3 aromatic rings. The lowest BCUT2D eigenvalue weighted by Gasteiger charge is -2.21. The molecule has 1 fully saturated rings. The molecule has 3 amide bonds. The van der Waals surface area contributed by atoms with Gasteiger partial charge in [0, 0.05) is 19.5 Å². The first-order valence-corrected chi connectivity index (χ1v) is 9.93. The Morgan fingerprint density at radius 3 is 2.63 bits per heavy atom. The maximum Gasteiger partial charge on any atom is 0.573 e. The minimum Gasteiger partial charge on any atom is -0.406 e. The number of rotatable bonds is 4. The lowest BCUT2D eigenvalue weighted by Crippen LogP contribution is -2.43. The van der Waals surface area contributed by atoms with Crippen LogP contribution in [0.1, 0.15) is 18.9 Å². The molecule has 1 saturated heterocycles. The summed E-state index contributed by atoms with van der Waals surface area (Å²) in [4.78, 5) is 49.3. The van der Waals surface area contributed by atoms with Crippen LogP contribution in [-0.2, 0) is 9.59 Å². The number of hydrogen-bond acceptors (Lipinski definition) is 7. The number of oxazole rings is 1. The number of anilines is 1. The van der Waals surface area contributed by atoms with Crippen LogP contribution in [0.5, 0.6) is 11.5 Å². The summed E-state index contributed by atoms with van der Waals surface area (Å²) >= 11 is 0. The summed E-state index contributed by atoms with van der Waals surface area (Å²) in [5.41, 5.74) is -0.700. The number of fused-ring (bicyclic) bond motifs is 1. The number of carbonyl (C=O) groups is 3. The van der Waals surface area contributed by atoms with E-state index in [4.69, 9.17) is 9.15 Å². The van der Waals surface area contributed by atoms with E-state index in [0.717, 1.165) is 17.7 Å². The van der Waals surface area contributed by atoms with Gasteiger partial charge in [-0.2, -0.15) is 0 Å². The first kappa shape index (κ1) is 23.8. The highest BCUT2D eigenvalue weighted by Gasteiger charge is 2.33. The molecule has 4 rings (SSSR count). The van der Waals surface area contributed by atoms with Crippen LogP contribution in [0.4, 0.5) is 28.0 Å². The van der Waals surface area contributed by atoms with Crippen LogP contribution in [-0.4, -0.2) is 35.9 Å². The predicted molar refractivity (Wildman–Crippen MR) is 109 cm³/mol. The molecule has 2 aromatic carbocycles. The van der Waals surface area contributed by atoms with Crippen LogP contribution in [0.3, 0.4) is 0 Å². The number of hydrogen-bond donors (Lipinski definition) is 1. The maximum absolute atomic E-state index is 14.2. The molecule has 2 heterocycles. The van der Waals surface area contributed by atoms with Gasteiger partial charge in [0.2, 0.25) is 11.8 Å². The summed E-state index contributed by atoms with van der Waals surface area (Å²) in [6, 6.07) is 5.10. The normalized spacial score (nSPS) is 16.2. The van der Waals surface area contributed by atoms with Crippen LogP contribution >= 0.6 is 0 Å². The lowest BCUT2D eigenvalue weighted by atomic mass is 10.1. The molecule has 1 aromatic heterocycles. The van der Waals surface area contributed by atoms with E-state index in [1.54, 1.807) is 0 Å². The molecule has 0 radical (unpaired) electrons. The molecule has 0 spiro atoms. The first-order valence-electron chi connectivity index (χ1n) is 9.93. The van der Waals surface area contributed by atoms with Crippen molar-refractivity contribution in [1.29, 1.82) is 0 Å². The molecule has 10 nitrogen and oxygen atoms in total. The van der Waals surface area contributed by atoms with Gasteiger partial charge in [0.05, 0.1) is 11.2 Å². The number of benzene rings is 2. The Morgan fingerprint density at radius 1 is 1.20 bits per heavy atom. The van der Waals surface area contributed by atoms with Crippen LogP contribution in [0.15, 0.2) is 45.6 Å². The number of nitrogens with one attached hydrogen (secondary N) is 1. The van der Waals surface area contributed by atoms with Crippen molar-refractivity contribution in [3.05, 3.63) is 52.8 Å². The first-order chi connectivity index (χ1) is 16.4. The quantitative estimate of drug-likeness (QED) is 0.434. The molecule has 0 saturated carbocycles. The van der Waals surface area contributed by atoms with Gasteiger partial charge in [-0.1, -0.05) is 6.07 Å². The smallest absolute Gasteiger partial charge is 0.406 e. The molecule has 35 heavy (non-hydrogen) atoms. The number of nitrogens with zero attached hydrogens (tertiary/aromatic N) is 2. The van der Waals surface area contributed by atoms with Crippen LogP contribution in [0, 0.1) is 5.82 Å². The van der Waals surface area contributed by atoms with E-state index < -0.39 is 53.3 Å². The highest BCUT2D eigenvalue weighted by atomic mass is 19.4. The Kier molecular flexibility index (Phi) is 5.96. The molecule has 0 bridgehead atoms. The highest BCUT2D eigenvalue weighted by molar-refractivity contribution is 6.00. The van der Waals surface area contributed by atoms with Gasteiger partial charge in [-0.3, -0.25) is 24.4 Å². The SMILES string of the molecule is CN(C(=O)Oc1cccc2c1oc(=O)n2C1CCC(=O)NC1=O)c1cc(OC(F)(F)F)ccc1F. The zero-order valence-corrected chi connectivity index (χ0v) is 17.7. The van der Waals surface area contributed by atoms with Crippen LogP contribution < -0.4 is 25.4 Å². The molecular weight excluding hydrogens is 482 g/mol. The number of amides is 3. The standard InChI is InChI=1S/C21H15F4N3O7/c1-27(14-9-10(5-6-11(14)22)35-21(23,24)25)19(31)33-15-4-2-3-12-17(15)34-20(32)28(12)13-7-8-16(29)26-18(13)30/h2-6,9,13H,7-8H2,1H3,(H,26,29,30). The fourth-order valence-corrected chi connectivity index (χ4v) is 3.54. The van der Waals surface area contributed by atoms with Gasteiger partial charge in [-0.05, 0) is 30.7 Å². The maximum atomic E-state index is 14.2. The van der Waals surface area contributed by atoms with Gasteiger partial charge < -0.3 is 13.9 Å². The topological polar surface area (TPSA) is 120 Å². The Morgan fingerprint density at radius 2 is 1.94 bits per heavy atom. The Labute approximate surface area is 192 Å². The van der Waals surface area contributed by atoms with E-state index in [9.17, 15) is 36.7 Å². The Hall–Kier alpha value is -4.36. The van der Waals surface area contributed by atoms with E-state index in [-0.39, 0.29) is 29.7 Å². The van der Waals surface area contributed by atoms with E-state index >= 15 is 0 Å². The van der Waals surface area contributed by atoms with Crippen molar-refractivity contribution in [2.75, 3.05) is 11.9 Å². The molecule has 14 heteroatoms. The van der Waals surface area contributed by atoms with Gasteiger partial charge in [0.1, 0.15) is 17.6 Å². The zero-order valence-electron chi connectivity index (χ0n) is 17.7. The van der Waals surface area contributed by atoms with Gasteiger partial charge >= 0.3 is 18.2 Å². The van der Waals surface area contributed by atoms with Crippen molar-refractivity contribution < 1.29 is 45.8 Å². The molecule has 0 aliphatic carbocycles. The summed E-state index contributed by atoms with van der Waals surface area (Å²) < 4.78 is 66.8. The van der Waals surface area contributed by atoms with E-state index in [2.05, 4.69) is 10.1 Å². The summed E-state index contributed by atoms with van der Waals surface area (Å²) in [5.74, 6) is -4.21. The molecule has 1 unspecified atom stereocenters. The second-order valence-corrected chi connectivity index (χ2v) is 7.40. The number of aromatic nitrogens is 1. The van der Waals surface area contributed by atoms with E-state index in [1.807, 2.05) is 0 Å². The number of halogens is 4. The molecular formula is C21H15F4N3O7.